The van der Waals surface area contributed by atoms with E-state index in [1.165, 1.54) is 0 Å². The van der Waals surface area contributed by atoms with Gasteiger partial charge in [-0.15, -0.1) is 0 Å². The lowest BCUT2D eigenvalue weighted by Gasteiger charge is -2.01. The Morgan fingerprint density at radius 2 is 2.38 bits per heavy atom. The molecule has 0 unspecified atom stereocenters. The van der Waals surface area contributed by atoms with Crippen LogP contribution in [0.25, 0.3) is 0 Å². The van der Waals surface area contributed by atoms with Gasteiger partial charge in [0.2, 0.25) is 0 Å². The largest absolute Gasteiger partial charge is 0.277 e. The third-order valence-electron chi connectivity index (χ3n) is 0.811. The van der Waals surface area contributed by atoms with Crippen LogP contribution in [-0.4, -0.2) is 6.61 Å². The Morgan fingerprint density at radius 3 is 2.75 bits per heavy atom. The zero-order valence-corrected chi connectivity index (χ0v) is 5.69. The Labute approximate surface area is 50.5 Å². The molecule has 0 aromatic rings. The fourth-order valence-electron chi connectivity index (χ4n) is 0.245. The molecule has 0 aliphatic rings. The van der Waals surface area contributed by atoms with Crippen LogP contribution in [0.15, 0.2) is 11.8 Å². The molecule has 0 aliphatic heterocycles. The Kier molecular flexibility index (Phi) is 4.36. The van der Waals surface area contributed by atoms with Crippen molar-refractivity contribution in [3.63, 3.8) is 0 Å². The Morgan fingerprint density at radius 1 is 1.75 bits per heavy atom. The lowest BCUT2D eigenvalue weighted by molar-refractivity contribution is 0.0736. The maximum atomic E-state index is 4.87. The van der Waals surface area contributed by atoms with Crippen LogP contribution >= 0.6 is 0 Å². The summed E-state index contributed by atoms with van der Waals surface area (Å²) in [6.07, 6.45) is 1.95. The van der Waals surface area contributed by atoms with Gasteiger partial charge in [-0.05, 0) is 20.8 Å². The van der Waals surface area contributed by atoms with Crippen molar-refractivity contribution < 1.29 is 4.84 Å². The van der Waals surface area contributed by atoms with Gasteiger partial charge in [-0.3, -0.25) is 10.3 Å². The van der Waals surface area contributed by atoms with Crippen LogP contribution < -0.4 is 5.48 Å². The molecule has 0 atom stereocenters. The summed E-state index contributed by atoms with van der Waals surface area (Å²) >= 11 is 0. The second-order valence-electron chi connectivity index (χ2n) is 1.51. The summed E-state index contributed by atoms with van der Waals surface area (Å²) in [5.74, 6) is 0. The molecule has 0 saturated heterocycles. The predicted molar refractivity (Wildman–Crippen MR) is 34.2 cm³/mol. The molecule has 48 valence electrons. The van der Waals surface area contributed by atoms with Crippen LogP contribution in [0.1, 0.15) is 20.8 Å². The minimum Gasteiger partial charge on any atom is -0.277 e. The van der Waals surface area contributed by atoms with Gasteiger partial charge in [-0.2, -0.15) is 0 Å². The molecule has 0 aromatic carbocycles. The number of hydrogen-bond acceptors (Lipinski definition) is 2. The van der Waals surface area contributed by atoms with Gasteiger partial charge in [-0.1, -0.05) is 6.08 Å². The van der Waals surface area contributed by atoms with Crippen molar-refractivity contribution in [1.29, 1.82) is 0 Å². The van der Waals surface area contributed by atoms with Crippen molar-refractivity contribution in [2.75, 3.05) is 6.61 Å². The smallest absolute Gasteiger partial charge is 0.0717 e. The summed E-state index contributed by atoms with van der Waals surface area (Å²) in [4.78, 5) is 4.87. The molecule has 0 bridgehead atoms. The summed E-state index contributed by atoms with van der Waals surface area (Å²) < 4.78 is 0. The average Bonchev–Trinajstić information content (AvgIpc) is 1.83. The second-order valence-corrected chi connectivity index (χ2v) is 1.51. The molecule has 0 aromatic heterocycles. The maximum absolute atomic E-state index is 4.87. The summed E-state index contributed by atoms with van der Waals surface area (Å²) in [5.41, 5.74) is 3.79. The normalized spacial score (nSPS) is 11.6. The van der Waals surface area contributed by atoms with Crippen LogP contribution in [0.2, 0.25) is 0 Å². The summed E-state index contributed by atoms with van der Waals surface area (Å²) in [7, 11) is 0. The molecule has 0 fully saturated rings. The Balaban J connectivity index is 3.12. The minimum atomic E-state index is 0.700. The van der Waals surface area contributed by atoms with Gasteiger partial charge in [0.05, 0.1) is 6.61 Å². The zero-order valence-electron chi connectivity index (χ0n) is 5.69. The first-order chi connectivity index (χ1) is 3.81. The first-order valence-electron chi connectivity index (χ1n) is 2.82. The van der Waals surface area contributed by atoms with Crippen LogP contribution in [-0.2, 0) is 4.84 Å². The van der Waals surface area contributed by atoms with Crippen LogP contribution in [0.3, 0.4) is 0 Å². The molecule has 0 aliphatic carbocycles. The highest BCUT2D eigenvalue weighted by Crippen LogP contribution is 1.82. The molecular formula is C6H13NO. The van der Waals surface area contributed by atoms with Gasteiger partial charge in [0, 0.05) is 5.70 Å². The molecule has 0 rings (SSSR count). The molecular weight excluding hydrogens is 102 g/mol. The number of hydroxylamine groups is 1. The highest BCUT2D eigenvalue weighted by molar-refractivity contribution is 4.88. The topological polar surface area (TPSA) is 21.3 Å². The van der Waals surface area contributed by atoms with E-state index in [-0.39, 0.29) is 0 Å². The van der Waals surface area contributed by atoms with Crippen LogP contribution in [0.5, 0.6) is 0 Å². The Bertz CT molecular complexity index is 78.6. The van der Waals surface area contributed by atoms with E-state index in [0.717, 1.165) is 5.70 Å². The van der Waals surface area contributed by atoms with E-state index in [2.05, 4.69) is 5.48 Å². The lowest BCUT2D eigenvalue weighted by Crippen LogP contribution is -2.10. The van der Waals surface area contributed by atoms with Crippen molar-refractivity contribution in [3.8, 4) is 0 Å². The first kappa shape index (κ1) is 7.50. The van der Waals surface area contributed by atoms with Gasteiger partial charge < -0.3 is 0 Å². The third kappa shape index (κ3) is 3.68. The number of rotatable bonds is 3. The maximum Gasteiger partial charge on any atom is 0.0717 e. The van der Waals surface area contributed by atoms with Crippen molar-refractivity contribution in [2.24, 2.45) is 0 Å². The van der Waals surface area contributed by atoms with E-state index in [1.807, 2.05) is 26.8 Å². The SMILES string of the molecule is C/C=C(\C)NOCC. The highest BCUT2D eigenvalue weighted by Gasteiger charge is 1.79. The first-order valence-corrected chi connectivity index (χ1v) is 2.82. The van der Waals surface area contributed by atoms with Gasteiger partial charge in [0.25, 0.3) is 0 Å². The van der Waals surface area contributed by atoms with E-state index < -0.39 is 0 Å². The molecule has 0 heterocycles. The fraction of sp³-hybridized carbons (Fsp3) is 0.667. The molecule has 0 saturated carbocycles. The van der Waals surface area contributed by atoms with Crippen molar-refractivity contribution in [1.82, 2.24) is 5.48 Å². The molecule has 0 amide bonds. The average molecular weight is 115 g/mol. The van der Waals surface area contributed by atoms with Gasteiger partial charge >= 0.3 is 0 Å². The number of allylic oxidation sites excluding steroid dienone is 2. The molecule has 2 nitrogen and oxygen atoms in total. The quantitative estimate of drug-likeness (QED) is 0.562. The molecule has 1 N–H and O–H groups in total. The molecule has 0 radical (unpaired) electrons. The standard InChI is InChI=1S/C6H13NO/c1-4-6(3)7-8-5-2/h4,7H,5H2,1-3H3/b6-4+. The van der Waals surface area contributed by atoms with Gasteiger partial charge in [0.15, 0.2) is 0 Å². The highest BCUT2D eigenvalue weighted by atomic mass is 16.6. The van der Waals surface area contributed by atoms with E-state index in [0.29, 0.717) is 6.61 Å². The number of nitrogens with one attached hydrogen (secondary N) is 1. The van der Waals surface area contributed by atoms with E-state index in [4.69, 9.17) is 4.84 Å². The molecule has 0 spiro atoms. The number of hydrogen-bond donors (Lipinski definition) is 1. The van der Waals surface area contributed by atoms with Crippen LogP contribution in [0.4, 0.5) is 0 Å². The summed E-state index contributed by atoms with van der Waals surface area (Å²) in [6.45, 7) is 6.55. The monoisotopic (exact) mass is 115 g/mol. The van der Waals surface area contributed by atoms with E-state index in [1.54, 1.807) is 0 Å². The zero-order chi connectivity index (χ0) is 6.41. The van der Waals surface area contributed by atoms with Crippen LogP contribution in [0, 0.1) is 0 Å². The molecule has 8 heavy (non-hydrogen) atoms. The van der Waals surface area contributed by atoms with Crippen molar-refractivity contribution in [2.45, 2.75) is 20.8 Å². The summed E-state index contributed by atoms with van der Waals surface area (Å²) in [5, 5.41) is 0. The van der Waals surface area contributed by atoms with Crippen molar-refractivity contribution >= 4 is 0 Å². The molecule has 2 heteroatoms. The second kappa shape index (κ2) is 4.65. The predicted octanol–water partition coefficient (Wildman–Crippen LogP) is 1.45. The Hall–Kier alpha value is -0.500. The van der Waals surface area contributed by atoms with Crippen molar-refractivity contribution in [3.05, 3.63) is 11.8 Å². The third-order valence-corrected chi connectivity index (χ3v) is 0.811. The van der Waals surface area contributed by atoms with Gasteiger partial charge in [0.1, 0.15) is 0 Å². The lowest BCUT2D eigenvalue weighted by atomic mass is 10.5. The van der Waals surface area contributed by atoms with E-state index in [9.17, 15) is 0 Å². The van der Waals surface area contributed by atoms with Gasteiger partial charge in [-0.25, -0.2) is 0 Å². The summed E-state index contributed by atoms with van der Waals surface area (Å²) in [6, 6.07) is 0. The minimum absolute atomic E-state index is 0.700. The fourth-order valence-corrected chi connectivity index (χ4v) is 0.245. The van der Waals surface area contributed by atoms with E-state index >= 15 is 0 Å².